The van der Waals surface area contributed by atoms with Crippen molar-refractivity contribution in [1.29, 1.82) is 0 Å². The first kappa shape index (κ1) is 16.4. The Hall–Kier alpha value is -0.610. The average Bonchev–Trinajstić information content (AvgIpc) is 2.40. The zero-order valence-electron chi connectivity index (χ0n) is 11.9. The molecule has 0 fully saturated rings. The normalized spacial score (nSPS) is 12.9. The third kappa shape index (κ3) is 6.39. The molecule has 0 bridgehead atoms. The SMILES string of the molecule is CCCNC(CCN(C)CCO)c1ccc(Cl)cc1. The summed E-state index contributed by atoms with van der Waals surface area (Å²) >= 11 is 5.93. The van der Waals surface area contributed by atoms with Crippen molar-refractivity contribution in [3.63, 3.8) is 0 Å². The first-order chi connectivity index (χ1) is 9.17. The molecule has 0 spiro atoms. The van der Waals surface area contributed by atoms with Crippen molar-refractivity contribution in [3.8, 4) is 0 Å². The van der Waals surface area contributed by atoms with Crippen LogP contribution in [0, 0.1) is 0 Å². The second kappa shape index (κ2) is 9.32. The van der Waals surface area contributed by atoms with E-state index in [1.807, 2.05) is 19.2 Å². The van der Waals surface area contributed by atoms with Crippen LogP contribution in [0.15, 0.2) is 24.3 Å². The van der Waals surface area contributed by atoms with Crippen LogP contribution >= 0.6 is 11.6 Å². The van der Waals surface area contributed by atoms with Crippen LogP contribution in [0.4, 0.5) is 0 Å². The lowest BCUT2D eigenvalue weighted by Crippen LogP contribution is -2.29. The molecule has 1 rings (SSSR count). The van der Waals surface area contributed by atoms with E-state index in [1.165, 1.54) is 5.56 Å². The van der Waals surface area contributed by atoms with Gasteiger partial charge in [-0.25, -0.2) is 0 Å². The van der Waals surface area contributed by atoms with Crippen LogP contribution in [0.25, 0.3) is 0 Å². The maximum atomic E-state index is 8.92. The summed E-state index contributed by atoms with van der Waals surface area (Å²) in [6, 6.07) is 8.39. The molecule has 4 heteroatoms. The van der Waals surface area contributed by atoms with Gasteiger partial charge in [0.2, 0.25) is 0 Å². The fourth-order valence-electron chi connectivity index (χ4n) is 2.03. The van der Waals surface area contributed by atoms with E-state index in [9.17, 15) is 0 Å². The Morgan fingerprint density at radius 3 is 2.53 bits per heavy atom. The average molecular weight is 285 g/mol. The lowest BCUT2D eigenvalue weighted by molar-refractivity contribution is 0.215. The van der Waals surface area contributed by atoms with E-state index in [0.717, 1.165) is 37.5 Å². The topological polar surface area (TPSA) is 35.5 Å². The van der Waals surface area contributed by atoms with E-state index in [1.54, 1.807) is 0 Å². The summed E-state index contributed by atoms with van der Waals surface area (Å²) in [5.74, 6) is 0. The monoisotopic (exact) mass is 284 g/mol. The molecular formula is C15H25ClN2O. The molecule has 0 radical (unpaired) electrons. The molecule has 1 aromatic rings. The molecule has 0 aliphatic rings. The van der Waals surface area contributed by atoms with Gasteiger partial charge >= 0.3 is 0 Å². The Bertz CT molecular complexity index is 343. The second-order valence-corrected chi connectivity index (χ2v) is 5.31. The molecule has 0 amide bonds. The van der Waals surface area contributed by atoms with Crippen molar-refractivity contribution in [2.24, 2.45) is 0 Å². The smallest absolute Gasteiger partial charge is 0.0558 e. The van der Waals surface area contributed by atoms with E-state index < -0.39 is 0 Å². The standard InChI is InChI=1S/C15H25ClN2O/c1-3-9-17-15(8-10-18(2)11-12-19)13-4-6-14(16)7-5-13/h4-7,15,17,19H,3,8-12H2,1-2H3. The molecule has 1 atom stereocenters. The number of rotatable bonds is 9. The van der Waals surface area contributed by atoms with Gasteiger partial charge in [-0.05, 0) is 50.7 Å². The predicted molar refractivity (Wildman–Crippen MR) is 81.7 cm³/mol. The Morgan fingerprint density at radius 2 is 1.95 bits per heavy atom. The van der Waals surface area contributed by atoms with E-state index in [2.05, 4.69) is 29.3 Å². The summed E-state index contributed by atoms with van der Waals surface area (Å²) in [5, 5.41) is 13.3. The first-order valence-corrected chi connectivity index (χ1v) is 7.33. The fraction of sp³-hybridized carbons (Fsp3) is 0.600. The van der Waals surface area contributed by atoms with Crippen LogP contribution in [0.2, 0.25) is 5.02 Å². The molecule has 0 saturated carbocycles. The molecule has 0 aliphatic heterocycles. The van der Waals surface area contributed by atoms with Crippen LogP contribution in [0.5, 0.6) is 0 Å². The summed E-state index contributed by atoms with van der Waals surface area (Å²) in [6.45, 7) is 5.08. The van der Waals surface area contributed by atoms with E-state index in [0.29, 0.717) is 6.04 Å². The van der Waals surface area contributed by atoms with Crippen molar-refractivity contribution >= 4 is 11.6 Å². The highest BCUT2D eigenvalue weighted by atomic mass is 35.5. The quantitative estimate of drug-likeness (QED) is 0.732. The van der Waals surface area contributed by atoms with Gasteiger partial charge in [0.25, 0.3) is 0 Å². The van der Waals surface area contributed by atoms with Crippen molar-refractivity contribution < 1.29 is 5.11 Å². The van der Waals surface area contributed by atoms with Gasteiger partial charge in [-0.2, -0.15) is 0 Å². The Labute approximate surface area is 121 Å². The molecule has 2 N–H and O–H groups in total. The highest BCUT2D eigenvalue weighted by Gasteiger charge is 2.11. The van der Waals surface area contributed by atoms with Crippen molar-refractivity contribution in [2.75, 3.05) is 33.3 Å². The first-order valence-electron chi connectivity index (χ1n) is 6.95. The summed E-state index contributed by atoms with van der Waals surface area (Å²) in [7, 11) is 2.04. The minimum Gasteiger partial charge on any atom is -0.395 e. The number of likely N-dealkylation sites (N-methyl/N-ethyl adjacent to an activating group) is 1. The fourth-order valence-corrected chi connectivity index (χ4v) is 2.16. The zero-order chi connectivity index (χ0) is 14.1. The minimum absolute atomic E-state index is 0.213. The van der Waals surface area contributed by atoms with Crippen molar-refractivity contribution in [2.45, 2.75) is 25.8 Å². The molecule has 108 valence electrons. The van der Waals surface area contributed by atoms with Crippen LogP contribution in [-0.2, 0) is 0 Å². The van der Waals surface area contributed by atoms with E-state index >= 15 is 0 Å². The lowest BCUT2D eigenvalue weighted by Gasteiger charge is -2.22. The van der Waals surface area contributed by atoms with Crippen LogP contribution in [0.3, 0.4) is 0 Å². The number of hydrogen-bond donors (Lipinski definition) is 2. The molecule has 0 aliphatic carbocycles. The summed E-state index contributed by atoms with van der Waals surface area (Å²) < 4.78 is 0. The molecule has 1 unspecified atom stereocenters. The van der Waals surface area contributed by atoms with Gasteiger partial charge in [-0.15, -0.1) is 0 Å². The number of benzene rings is 1. The Kier molecular flexibility index (Phi) is 8.07. The number of nitrogens with zero attached hydrogens (tertiary/aromatic N) is 1. The summed E-state index contributed by atoms with van der Waals surface area (Å²) in [5.41, 5.74) is 1.27. The van der Waals surface area contributed by atoms with Gasteiger partial charge in [-0.1, -0.05) is 30.7 Å². The maximum Gasteiger partial charge on any atom is 0.0558 e. The van der Waals surface area contributed by atoms with Crippen LogP contribution < -0.4 is 5.32 Å². The van der Waals surface area contributed by atoms with Gasteiger partial charge in [0.15, 0.2) is 0 Å². The van der Waals surface area contributed by atoms with Crippen molar-refractivity contribution in [3.05, 3.63) is 34.9 Å². The molecule has 0 aromatic heterocycles. The molecule has 0 heterocycles. The second-order valence-electron chi connectivity index (χ2n) is 4.87. The van der Waals surface area contributed by atoms with Gasteiger partial charge in [0.05, 0.1) is 6.61 Å². The third-order valence-corrected chi connectivity index (χ3v) is 3.45. The van der Waals surface area contributed by atoms with Gasteiger partial charge in [-0.3, -0.25) is 0 Å². The highest BCUT2D eigenvalue weighted by molar-refractivity contribution is 6.30. The molecule has 1 aromatic carbocycles. The third-order valence-electron chi connectivity index (χ3n) is 3.19. The minimum atomic E-state index is 0.213. The van der Waals surface area contributed by atoms with Crippen LogP contribution in [-0.4, -0.2) is 43.3 Å². The molecule has 3 nitrogen and oxygen atoms in total. The van der Waals surface area contributed by atoms with Gasteiger partial charge in [0, 0.05) is 17.6 Å². The highest BCUT2D eigenvalue weighted by Crippen LogP contribution is 2.19. The van der Waals surface area contributed by atoms with E-state index in [4.69, 9.17) is 16.7 Å². The van der Waals surface area contributed by atoms with Gasteiger partial charge < -0.3 is 15.3 Å². The number of aliphatic hydroxyl groups is 1. The summed E-state index contributed by atoms with van der Waals surface area (Å²) in [4.78, 5) is 2.15. The van der Waals surface area contributed by atoms with E-state index in [-0.39, 0.29) is 6.61 Å². The Balaban J connectivity index is 2.58. The predicted octanol–water partition coefficient (Wildman–Crippen LogP) is 2.69. The molecule has 0 saturated heterocycles. The summed E-state index contributed by atoms with van der Waals surface area (Å²) in [6.07, 6.45) is 2.15. The number of aliphatic hydroxyl groups excluding tert-OH is 1. The van der Waals surface area contributed by atoms with Gasteiger partial charge in [0.1, 0.15) is 0 Å². The van der Waals surface area contributed by atoms with Crippen molar-refractivity contribution in [1.82, 2.24) is 10.2 Å². The van der Waals surface area contributed by atoms with Crippen LogP contribution in [0.1, 0.15) is 31.4 Å². The maximum absolute atomic E-state index is 8.92. The molecular weight excluding hydrogens is 260 g/mol. The number of hydrogen-bond acceptors (Lipinski definition) is 3. The number of nitrogens with one attached hydrogen (secondary N) is 1. The lowest BCUT2D eigenvalue weighted by atomic mass is 10.0. The largest absolute Gasteiger partial charge is 0.395 e. The zero-order valence-corrected chi connectivity index (χ0v) is 12.7. The molecule has 19 heavy (non-hydrogen) atoms. The number of halogens is 1. The Morgan fingerprint density at radius 1 is 1.26 bits per heavy atom.